The maximum Gasteiger partial charge on any atom is 0.231 e. The Kier molecular flexibility index (Phi) is 4.19. The molecule has 0 atom stereocenters. The molecule has 0 bridgehead atoms. The Labute approximate surface area is 94.7 Å². The first-order valence-electron chi connectivity index (χ1n) is 5.07. The monoisotopic (exact) mass is 223 g/mol. The number of nitrogens with two attached hydrogens (primary N) is 2. The number of anilines is 1. The van der Waals surface area contributed by atoms with Crippen molar-refractivity contribution in [2.45, 2.75) is 26.4 Å². The van der Waals surface area contributed by atoms with Gasteiger partial charge >= 0.3 is 0 Å². The summed E-state index contributed by atoms with van der Waals surface area (Å²) in [4.78, 5) is 20.9. The van der Waals surface area contributed by atoms with Gasteiger partial charge in [0, 0.05) is 12.6 Å². The summed E-state index contributed by atoms with van der Waals surface area (Å²) in [5.41, 5.74) is 11.4. The molecule has 0 aliphatic carbocycles. The maximum atomic E-state index is 10.9. The third kappa shape index (κ3) is 3.82. The molecule has 0 aliphatic rings. The van der Waals surface area contributed by atoms with Crippen LogP contribution < -0.4 is 11.5 Å². The molecule has 6 heteroatoms. The van der Waals surface area contributed by atoms with Gasteiger partial charge in [-0.25, -0.2) is 4.98 Å². The van der Waals surface area contributed by atoms with E-state index in [1.54, 1.807) is 6.20 Å². The Morgan fingerprint density at radius 2 is 2.12 bits per heavy atom. The van der Waals surface area contributed by atoms with Gasteiger partial charge in [0.2, 0.25) is 5.91 Å². The van der Waals surface area contributed by atoms with Crippen molar-refractivity contribution in [3.8, 4) is 0 Å². The number of nitrogen functional groups attached to an aromatic ring is 1. The van der Waals surface area contributed by atoms with Crippen LogP contribution in [0, 0.1) is 0 Å². The SMILES string of the molecule is CC(C)N(CC(N)=O)Cc1cnc(N)cn1. The standard InChI is InChI=1S/C10H17N5O/c1-7(2)15(6-10(12)16)5-8-3-14-9(11)4-13-8/h3-4,7H,5-6H2,1-2H3,(H2,11,14)(H2,12,16). The first-order chi connectivity index (χ1) is 7.49. The van der Waals surface area contributed by atoms with Gasteiger partial charge in [-0.15, -0.1) is 0 Å². The highest BCUT2D eigenvalue weighted by Gasteiger charge is 2.13. The first-order valence-corrected chi connectivity index (χ1v) is 5.07. The summed E-state index contributed by atoms with van der Waals surface area (Å²) in [5, 5.41) is 0. The largest absolute Gasteiger partial charge is 0.382 e. The molecule has 1 rings (SSSR count). The zero-order valence-electron chi connectivity index (χ0n) is 9.55. The lowest BCUT2D eigenvalue weighted by Crippen LogP contribution is -2.38. The van der Waals surface area contributed by atoms with Crippen molar-refractivity contribution < 1.29 is 4.79 Å². The molecule has 0 saturated carbocycles. The molecule has 0 unspecified atom stereocenters. The first kappa shape index (κ1) is 12.4. The summed E-state index contributed by atoms with van der Waals surface area (Å²) in [7, 11) is 0. The van der Waals surface area contributed by atoms with Crippen LogP contribution in [0.2, 0.25) is 0 Å². The number of amides is 1. The summed E-state index contributed by atoms with van der Waals surface area (Å²) in [6.07, 6.45) is 3.10. The lowest BCUT2D eigenvalue weighted by atomic mass is 10.3. The van der Waals surface area contributed by atoms with Crippen LogP contribution >= 0.6 is 0 Å². The molecular weight excluding hydrogens is 206 g/mol. The fourth-order valence-electron chi connectivity index (χ4n) is 1.28. The minimum Gasteiger partial charge on any atom is -0.382 e. The van der Waals surface area contributed by atoms with Gasteiger partial charge in [0.05, 0.1) is 24.6 Å². The molecule has 0 spiro atoms. The van der Waals surface area contributed by atoms with Gasteiger partial charge in [0.15, 0.2) is 0 Å². The second-order valence-electron chi connectivity index (χ2n) is 3.90. The smallest absolute Gasteiger partial charge is 0.231 e. The van der Waals surface area contributed by atoms with Crippen LogP contribution in [-0.4, -0.2) is 33.4 Å². The van der Waals surface area contributed by atoms with Crippen molar-refractivity contribution in [2.24, 2.45) is 5.73 Å². The van der Waals surface area contributed by atoms with Crippen molar-refractivity contribution in [1.29, 1.82) is 0 Å². The zero-order chi connectivity index (χ0) is 12.1. The summed E-state index contributed by atoms with van der Waals surface area (Å²) in [6, 6.07) is 0.215. The highest BCUT2D eigenvalue weighted by Crippen LogP contribution is 2.05. The molecule has 88 valence electrons. The maximum absolute atomic E-state index is 10.9. The molecule has 1 heterocycles. The Morgan fingerprint density at radius 1 is 1.44 bits per heavy atom. The van der Waals surface area contributed by atoms with Crippen molar-refractivity contribution >= 4 is 11.7 Å². The van der Waals surface area contributed by atoms with E-state index >= 15 is 0 Å². The van der Waals surface area contributed by atoms with E-state index < -0.39 is 0 Å². The number of nitrogens with zero attached hydrogens (tertiary/aromatic N) is 3. The van der Waals surface area contributed by atoms with E-state index in [4.69, 9.17) is 11.5 Å². The minimum absolute atomic E-state index is 0.212. The second kappa shape index (κ2) is 5.41. The van der Waals surface area contributed by atoms with E-state index in [9.17, 15) is 4.79 Å². The van der Waals surface area contributed by atoms with E-state index in [0.717, 1.165) is 5.69 Å². The molecule has 1 aromatic heterocycles. The van der Waals surface area contributed by atoms with Crippen LogP contribution in [0.5, 0.6) is 0 Å². The van der Waals surface area contributed by atoms with Gasteiger partial charge in [0.25, 0.3) is 0 Å². The second-order valence-corrected chi connectivity index (χ2v) is 3.90. The zero-order valence-corrected chi connectivity index (χ0v) is 9.55. The van der Waals surface area contributed by atoms with Crippen LogP contribution in [0.3, 0.4) is 0 Å². The third-order valence-electron chi connectivity index (χ3n) is 2.18. The predicted octanol–water partition coefficient (Wildman–Crippen LogP) is -0.245. The van der Waals surface area contributed by atoms with Crippen molar-refractivity contribution in [2.75, 3.05) is 12.3 Å². The van der Waals surface area contributed by atoms with Gasteiger partial charge in [-0.1, -0.05) is 0 Å². The van der Waals surface area contributed by atoms with Gasteiger partial charge in [-0.2, -0.15) is 0 Å². The fraction of sp³-hybridized carbons (Fsp3) is 0.500. The highest BCUT2D eigenvalue weighted by molar-refractivity contribution is 5.75. The molecule has 0 fully saturated rings. The van der Waals surface area contributed by atoms with E-state index in [1.165, 1.54) is 6.20 Å². The summed E-state index contributed by atoms with van der Waals surface area (Å²) >= 11 is 0. The van der Waals surface area contributed by atoms with Crippen molar-refractivity contribution in [3.63, 3.8) is 0 Å². The molecular formula is C10H17N5O. The average Bonchev–Trinajstić information content (AvgIpc) is 2.19. The summed E-state index contributed by atoms with van der Waals surface area (Å²) < 4.78 is 0. The normalized spacial score (nSPS) is 11.0. The van der Waals surface area contributed by atoms with E-state index in [1.807, 2.05) is 18.7 Å². The number of hydrogen-bond donors (Lipinski definition) is 2. The van der Waals surface area contributed by atoms with Gasteiger partial charge in [0.1, 0.15) is 5.82 Å². The number of primary amides is 1. The number of aromatic nitrogens is 2. The number of hydrogen-bond acceptors (Lipinski definition) is 5. The average molecular weight is 223 g/mol. The van der Waals surface area contributed by atoms with Crippen molar-refractivity contribution in [1.82, 2.24) is 14.9 Å². The molecule has 0 radical (unpaired) electrons. The number of rotatable bonds is 5. The Balaban J connectivity index is 2.67. The molecule has 1 amide bonds. The van der Waals surface area contributed by atoms with E-state index in [-0.39, 0.29) is 18.5 Å². The van der Waals surface area contributed by atoms with Gasteiger partial charge in [-0.05, 0) is 13.8 Å². The van der Waals surface area contributed by atoms with Gasteiger partial charge < -0.3 is 11.5 Å². The van der Waals surface area contributed by atoms with Crippen LogP contribution in [0.15, 0.2) is 12.4 Å². The highest BCUT2D eigenvalue weighted by atomic mass is 16.1. The fourth-order valence-corrected chi connectivity index (χ4v) is 1.28. The Hall–Kier alpha value is -1.69. The van der Waals surface area contributed by atoms with Crippen LogP contribution in [0.4, 0.5) is 5.82 Å². The molecule has 0 aromatic carbocycles. The Bertz CT molecular complexity index is 349. The predicted molar refractivity (Wildman–Crippen MR) is 61.2 cm³/mol. The molecule has 1 aromatic rings. The quantitative estimate of drug-likeness (QED) is 0.717. The minimum atomic E-state index is -0.350. The van der Waals surface area contributed by atoms with Gasteiger partial charge in [-0.3, -0.25) is 14.7 Å². The number of carbonyl (C=O) groups is 1. The molecule has 4 N–H and O–H groups in total. The van der Waals surface area contributed by atoms with Crippen molar-refractivity contribution in [3.05, 3.63) is 18.1 Å². The topological polar surface area (TPSA) is 98.1 Å². The lowest BCUT2D eigenvalue weighted by Gasteiger charge is -2.24. The van der Waals surface area contributed by atoms with E-state index in [2.05, 4.69) is 9.97 Å². The Morgan fingerprint density at radius 3 is 2.56 bits per heavy atom. The van der Waals surface area contributed by atoms with Crippen LogP contribution in [0.1, 0.15) is 19.5 Å². The summed E-state index contributed by atoms with van der Waals surface area (Å²) in [6.45, 7) is 4.74. The molecule has 0 aliphatic heterocycles. The van der Waals surface area contributed by atoms with Crippen LogP contribution in [0.25, 0.3) is 0 Å². The van der Waals surface area contributed by atoms with E-state index in [0.29, 0.717) is 12.4 Å². The lowest BCUT2D eigenvalue weighted by molar-refractivity contribution is -0.119. The molecule has 6 nitrogen and oxygen atoms in total. The third-order valence-corrected chi connectivity index (χ3v) is 2.18. The van der Waals surface area contributed by atoms with Crippen LogP contribution in [-0.2, 0) is 11.3 Å². The molecule has 16 heavy (non-hydrogen) atoms. The number of carbonyl (C=O) groups excluding carboxylic acids is 1. The summed E-state index contributed by atoms with van der Waals surface area (Å²) in [5.74, 6) is 0.0341. The molecule has 0 saturated heterocycles.